The van der Waals surface area contributed by atoms with Crippen LogP contribution in [0.2, 0.25) is 0 Å². The van der Waals surface area contributed by atoms with Crippen molar-refractivity contribution in [2.75, 3.05) is 0 Å². The van der Waals surface area contributed by atoms with Crippen LogP contribution in [0.5, 0.6) is 0 Å². The predicted octanol–water partition coefficient (Wildman–Crippen LogP) is 2.83. The Morgan fingerprint density at radius 3 is 2.71 bits per heavy atom. The molecule has 0 saturated heterocycles. The molecule has 6 nitrogen and oxygen atoms in total. The van der Waals surface area contributed by atoms with E-state index in [4.69, 9.17) is 0 Å². The molecule has 0 aliphatic heterocycles. The van der Waals surface area contributed by atoms with Crippen molar-refractivity contribution in [3.63, 3.8) is 0 Å². The Morgan fingerprint density at radius 2 is 1.83 bits per heavy atom. The summed E-state index contributed by atoms with van der Waals surface area (Å²) in [5.41, 5.74) is 3.59. The van der Waals surface area contributed by atoms with Crippen LogP contribution >= 0.6 is 0 Å². The highest BCUT2D eigenvalue weighted by molar-refractivity contribution is 5.97. The number of nitrogens with one attached hydrogen (secondary N) is 4. The van der Waals surface area contributed by atoms with Gasteiger partial charge in [0, 0.05) is 17.3 Å². The van der Waals surface area contributed by atoms with Gasteiger partial charge in [-0.1, -0.05) is 12.1 Å². The third kappa shape index (κ3) is 2.48. The normalized spacial score (nSPS) is 12.5. The van der Waals surface area contributed by atoms with E-state index in [0.29, 0.717) is 16.6 Å². The van der Waals surface area contributed by atoms with Gasteiger partial charge in [0.15, 0.2) is 0 Å². The molecule has 24 heavy (non-hydrogen) atoms. The Hall–Kier alpha value is -3.28. The average Bonchev–Trinajstić information content (AvgIpc) is 3.17. The molecule has 0 spiro atoms. The van der Waals surface area contributed by atoms with Gasteiger partial charge in [-0.3, -0.25) is 4.79 Å². The van der Waals surface area contributed by atoms with Crippen LogP contribution in [0.4, 0.5) is 0 Å². The Balaban J connectivity index is 1.58. The first-order valence-electron chi connectivity index (χ1n) is 7.70. The highest BCUT2D eigenvalue weighted by Crippen LogP contribution is 2.20. The second kappa shape index (κ2) is 5.42. The van der Waals surface area contributed by atoms with Gasteiger partial charge < -0.3 is 20.3 Å². The Labute approximate surface area is 136 Å². The molecule has 4 aromatic rings. The van der Waals surface area contributed by atoms with Crippen molar-refractivity contribution in [3.8, 4) is 0 Å². The van der Waals surface area contributed by atoms with Crippen molar-refractivity contribution in [3.05, 3.63) is 70.3 Å². The summed E-state index contributed by atoms with van der Waals surface area (Å²) in [6, 6.07) is 13.0. The Bertz CT molecular complexity index is 1100. The van der Waals surface area contributed by atoms with E-state index in [1.807, 2.05) is 37.4 Å². The van der Waals surface area contributed by atoms with Crippen LogP contribution in [0.3, 0.4) is 0 Å². The maximum Gasteiger partial charge on any atom is 0.323 e. The van der Waals surface area contributed by atoms with E-state index in [0.717, 1.165) is 16.5 Å². The van der Waals surface area contributed by atoms with Gasteiger partial charge in [-0.05, 0) is 48.2 Å². The quantitative estimate of drug-likeness (QED) is 0.467. The molecule has 0 radical (unpaired) electrons. The van der Waals surface area contributed by atoms with Crippen LogP contribution in [-0.4, -0.2) is 20.9 Å². The lowest BCUT2D eigenvalue weighted by Crippen LogP contribution is -2.26. The lowest BCUT2D eigenvalue weighted by atomic mass is 10.1. The largest absolute Gasteiger partial charge is 0.361 e. The molecule has 2 heterocycles. The minimum atomic E-state index is -0.282. The number of imidazole rings is 1. The van der Waals surface area contributed by atoms with Crippen molar-refractivity contribution in [1.82, 2.24) is 20.3 Å². The van der Waals surface area contributed by atoms with Gasteiger partial charge in [-0.25, -0.2) is 4.79 Å². The summed E-state index contributed by atoms with van der Waals surface area (Å²) in [7, 11) is 0. The number of aromatic amines is 3. The van der Waals surface area contributed by atoms with Gasteiger partial charge in [-0.2, -0.15) is 0 Å². The van der Waals surface area contributed by atoms with Gasteiger partial charge in [0.1, 0.15) is 0 Å². The fraction of sp³-hybridized carbons (Fsp3) is 0.111. The zero-order chi connectivity index (χ0) is 16.7. The minimum Gasteiger partial charge on any atom is -0.361 e. The van der Waals surface area contributed by atoms with E-state index >= 15 is 0 Å². The van der Waals surface area contributed by atoms with Crippen LogP contribution in [0.1, 0.15) is 28.9 Å². The summed E-state index contributed by atoms with van der Waals surface area (Å²) < 4.78 is 0. The van der Waals surface area contributed by atoms with E-state index in [1.165, 1.54) is 0 Å². The van der Waals surface area contributed by atoms with E-state index in [1.54, 1.807) is 18.2 Å². The van der Waals surface area contributed by atoms with Crippen LogP contribution in [0, 0.1) is 0 Å². The van der Waals surface area contributed by atoms with Crippen LogP contribution in [0.15, 0.2) is 53.5 Å². The first kappa shape index (κ1) is 14.3. The number of hydrogen-bond acceptors (Lipinski definition) is 2. The SMILES string of the molecule is C[C@H](NC(=O)c1ccc2[nH]c(=O)[nH]c2c1)c1ccc2cc[nH]c2c1. The van der Waals surface area contributed by atoms with Crippen LogP contribution < -0.4 is 11.0 Å². The molecule has 6 heteroatoms. The Kier molecular flexibility index (Phi) is 3.23. The summed E-state index contributed by atoms with van der Waals surface area (Å²) in [4.78, 5) is 32.3. The monoisotopic (exact) mass is 320 g/mol. The molecule has 2 aromatic carbocycles. The highest BCUT2D eigenvalue weighted by Gasteiger charge is 2.13. The molecule has 4 N–H and O–H groups in total. The van der Waals surface area contributed by atoms with E-state index in [-0.39, 0.29) is 17.6 Å². The number of aromatic nitrogens is 3. The second-order valence-corrected chi connectivity index (χ2v) is 5.86. The number of rotatable bonds is 3. The number of carbonyl (C=O) groups is 1. The number of benzene rings is 2. The van der Waals surface area contributed by atoms with Gasteiger partial charge in [0.05, 0.1) is 17.1 Å². The van der Waals surface area contributed by atoms with Crippen molar-refractivity contribution in [2.24, 2.45) is 0 Å². The van der Waals surface area contributed by atoms with Gasteiger partial charge in [0.2, 0.25) is 0 Å². The molecular weight excluding hydrogens is 304 g/mol. The summed E-state index contributed by atoms with van der Waals surface area (Å²) in [5, 5.41) is 4.12. The summed E-state index contributed by atoms with van der Waals surface area (Å²) >= 11 is 0. The second-order valence-electron chi connectivity index (χ2n) is 5.86. The molecule has 4 rings (SSSR count). The number of fused-ring (bicyclic) bond motifs is 2. The summed E-state index contributed by atoms with van der Waals surface area (Å²) in [6.07, 6.45) is 1.89. The summed E-state index contributed by atoms with van der Waals surface area (Å²) in [6.45, 7) is 1.94. The van der Waals surface area contributed by atoms with Gasteiger partial charge >= 0.3 is 5.69 Å². The van der Waals surface area contributed by atoms with Crippen molar-refractivity contribution < 1.29 is 4.79 Å². The Morgan fingerprint density at radius 1 is 1.00 bits per heavy atom. The summed E-state index contributed by atoms with van der Waals surface area (Å²) in [5.74, 6) is -0.182. The molecule has 0 unspecified atom stereocenters. The van der Waals surface area contributed by atoms with Crippen molar-refractivity contribution >= 4 is 27.8 Å². The topological polar surface area (TPSA) is 93.5 Å². The molecule has 0 fully saturated rings. The molecule has 1 amide bonds. The molecule has 2 aromatic heterocycles. The average molecular weight is 320 g/mol. The fourth-order valence-electron chi connectivity index (χ4n) is 2.87. The van der Waals surface area contributed by atoms with E-state index in [9.17, 15) is 9.59 Å². The van der Waals surface area contributed by atoms with Crippen LogP contribution in [-0.2, 0) is 0 Å². The third-order valence-electron chi connectivity index (χ3n) is 4.20. The zero-order valence-corrected chi connectivity index (χ0v) is 13.0. The number of H-pyrrole nitrogens is 3. The lowest BCUT2D eigenvalue weighted by Gasteiger charge is -2.14. The minimum absolute atomic E-state index is 0.133. The maximum atomic E-state index is 12.5. The molecule has 1 atom stereocenters. The van der Waals surface area contributed by atoms with E-state index < -0.39 is 0 Å². The number of hydrogen-bond donors (Lipinski definition) is 4. The molecule has 0 aliphatic rings. The number of carbonyl (C=O) groups excluding carboxylic acids is 1. The molecule has 0 bridgehead atoms. The smallest absolute Gasteiger partial charge is 0.323 e. The highest BCUT2D eigenvalue weighted by atomic mass is 16.2. The zero-order valence-electron chi connectivity index (χ0n) is 13.0. The van der Waals surface area contributed by atoms with Crippen molar-refractivity contribution in [1.29, 1.82) is 0 Å². The molecule has 0 aliphatic carbocycles. The first-order valence-corrected chi connectivity index (χ1v) is 7.70. The maximum absolute atomic E-state index is 12.5. The standard InChI is InChI=1S/C18H16N4O2/c1-10(12-3-2-11-6-7-19-15(11)8-12)20-17(23)13-4-5-14-16(9-13)22-18(24)21-14/h2-10,19H,1H3,(H,20,23)(H2,21,22,24)/t10-/m0/s1. The third-order valence-corrected chi connectivity index (χ3v) is 4.20. The fourth-order valence-corrected chi connectivity index (χ4v) is 2.87. The van der Waals surface area contributed by atoms with Gasteiger partial charge in [0.25, 0.3) is 5.91 Å². The number of amides is 1. The van der Waals surface area contributed by atoms with Crippen molar-refractivity contribution in [2.45, 2.75) is 13.0 Å². The molecular formula is C18H16N4O2. The molecule has 120 valence electrons. The predicted molar refractivity (Wildman–Crippen MR) is 93.1 cm³/mol. The lowest BCUT2D eigenvalue weighted by molar-refractivity contribution is 0.0940. The molecule has 0 saturated carbocycles. The van der Waals surface area contributed by atoms with Gasteiger partial charge in [-0.15, -0.1) is 0 Å². The first-order chi connectivity index (χ1) is 11.6. The van der Waals surface area contributed by atoms with E-state index in [2.05, 4.69) is 20.3 Å². The van der Waals surface area contributed by atoms with Crippen LogP contribution in [0.25, 0.3) is 21.9 Å².